The summed E-state index contributed by atoms with van der Waals surface area (Å²) < 4.78 is 5.97. The molecular formula is C23H23Cl2N5O2. The van der Waals surface area contributed by atoms with E-state index >= 15 is 0 Å². The summed E-state index contributed by atoms with van der Waals surface area (Å²) in [5, 5.41) is 0.973. The molecule has 7 nitrogen and oxygen atoms in total. The van der Waals surface area contributed by atoms with Gasteiger partial charge in [0.25, 0.3) is 11.8 Å². The summed E-state index contributed by atoms with van der Waals surface area (Å²) in [5.41, 5.74) is 14.4. The molecule has 3 aromatic rings. The van der Waals surface area contributed by atoms with Gasteiger partial charge in [0.2, 0.25) is 0 Å². The van der Waals surface area contributed by atoms with Crippen LogP contribution in [0.2, 0.25) is 10.0 Å². The van der Waals surface area contributed by atoms with E-state index in [-0.39, 0.29) is 23.6 Å². The highest BCUT2D eigenvalue weighted by atomic mass is 35.5. The van der Waals surface area contributed by atoms with Gasteiger partial charge in [-0.3, -0.25) is 4.79 Å². The molecule has 9 heteroatoms. The fourth-order valence-electron chi connectivity index (χ4n) is 3.70. The average Bonchev–Trinajstić information content (AvgIpc) is 3.21. The van der Waals surface area contributed by atoms with Crippen LogP contribution in [0.15, 0.2) is 48.7 Å². The van der Waals surface area contributed by atoms with Crippen molar-refractivity contribution in [2.45, 2.75) is 25.5 Å². The highest BCUT2D eigenvalue weighted by Crippen LogP contribution is 2.34. The maximum Gasteiger partial charge on any atom is 0.258 e. The highest BCUT2D eigenvalue weighted by molar-refractivity contribution is 6.36. The van der Waals surface area contributed by atoms with E-state index in [1.807, 2.05) is 12.1 Å². The topological polar surface area (TPSA) is 107 Å². The molecule has 1 aromatic heterocycles. The Hall–Kier alpha value is -2.87. The van der Waals surface area contributed by atoms with Crippen molar-refractivity contribution in [1.82, 2.24) is 14.9 Å². The summed E-state index contributed by atoms with van der Waals surface area (Å²) in [6.45, 7) is 3.03. The lowest BCUT2D eigenvalue weighted by molar-refractivity contribution is 0.0791. The Kier molecular flexibility index (Phi) is 6.50. The van der Waals surface area contributed by atoms with Gasteiger partial charge in [0.05, 0.1) is 11.9 Å². The summed E-state index contributed by atoms with van der Waals surface area (Å²) in [6.07, 6.45) is 1.85. The fourth-order valence-corrected chi connectivity index (χ4v) is 4.40. The molecule has 1 aliphatic heterocycles. The number of carbonyl (C=O) groups excluding carboxylic acids is 1. The number of anilines is 1. The third-order valence-corrected chi connectivity index (χ3v) is 6.04. The van der Waals surface area contributed by atoms with E-state index in [1.54, 1.807) is 48.4 Å². The number of rotatable bonds is 5. The third-order valence-electron chi connectivity index (χ3n) is 5.38. The molecule has 1 fully saturated rings. The van der Waals surface area contributed by atoms with Crippen LogP contribution in [0.4, 0.5) is 5.82 Å². The van der Waals surface area contributed by atoms with Gasteiger partial charge in [0.15, 0.2) is 5.82 Å². The molecule has 0 spiro atoms. The molecule has 0 radical (unpaired) electrons. The quantitative estimate of drug-likeness (QED) is 0.572. The molecule has 4 N–H and O–H groups in total. The van der Waals surface area contributed by atoms with E-state index in [0.29, 0.717) is 40.0 Å². The standard InChI is InChI=1S/C23H23Cl2N5O2/c1-13(20-17(24)6-3-7-18(20)25)32-22-21(27)28-11-19(29-22)14-4-2-5-15(10-14)23(31)30-9-8-16(26)12-30/h2-7,10-11,13,16H,8-9,12,26H2,1H3,(H2,27,28)/t13?,16-/m0/s1. The Morgan fingerprint density at radius 2 is 1.94 bits per heavy atom. The van der Waals surface area contributed by atoms with Crippen molar-refractivity contribution in [3.05, 3.63) is 69.8 Å². The summed E-state index contributed by atoms with van der Waals surface area (Å²) in [7, 11) is 0. The molecule has 0 bridgehead atoms. The van der Waals surface area contributed by atoms with E-state index in [2.05, 4.69) is 9.97 Å². The second-order valence-electron chi connectivity index (χ2n) is 7.72. The minimum Gasteiger partial charge on any atom is -0.467 e. The second kappa shape index (κ2) is 9.32. The highest BCUT2D eigenvalue weighted by Gasteiger charge is 2.25. The smallest absolute Gasteiger partial charge is 0.258 e. The molecule has 2 heterocycles. The maximum absolute atomic E-state index is 12.8. The van der Waals surface area contributed by atoms with E-state index in [0.717, 1.165) is 12.0 Å². The Bertz CT molecular complexity index is 1140. The number of ether oxygens (including phenoxy) is 1. The Labute approximate surface area is 196 Å². The van der Waals surface area contributed by atoms with Crippen molar-refractivity contribution in [2.75, 3.05) is 18.8 Å². The molecule has 1 aliphatic rings. The molecule has 1 unspecified atom stereocenters. The molecule has 32 heavy (non-hydrogen) atoms. The lowest BCUT2D eigenvalue weighted by Crippen LogP contribution is -2.31. The number of halogens is 2. The zero-order valence-corrected chi connectivity index (χ0v) is 19.0. The fraction of sp³-hybridized carbons (Fsp3) is 0.261. The SMILES string of the molecule is CC(Oc1nc(-c2cccc(C(=O)N3CC[C@H](N)C3)c2)cnc1N)c1c(Cl)cccc1Cl. The number of carbonyl (C=O) groups is 1. The zero-order valence-electron chi connectivity index (χ0n) is 17.5. The van der Waals surface area contributed by atoms with Crippen molar-refractivity contribution in [2.24, 2.45) is 5.73 Å². The van der Waals surface area contributed by atoms with Gasteiger partial charge in [-0.05, 0) is 37.6 Å². The van der Waals surface area contributed by atoms with Crippen molar-refractivity contribution >= 4 is 34.9 Å². The van der Waals surface area contributed by atoms with E-state index in [4.69, 9.17) is 39.4 Å². The second-order valence-corrected chi connectivity index (χ2v) is 8.54. The van der Waals surface area contributed by atoms with Crippen molar-refractivity contribution in [1.29, 1.82) is 0 Å². The molecule has 2 aromatic carbocycles. The number of nitrogens with zero attached hydrogens (tertiary/aromatic N) is 3. The Morgan fingerprint density at radius 3 is 2.62 bits per heavy atom. The number of benzene rings is 2. The molecule has 0 saturated carbocycles. The van der Waals surface area contributed by atoms with Crippen LogP contribution in [0.3, 0.4) is 0 Å². The summed E-state index contributed by atoms with van der Waals surface area (Å²) >= 11 is 12.6. The van der Waals surface area contributed by atoms with E-state index in [1.165, 1.54) is 0 Å². The monoisotopic (exact) mass is 471 g/mol. The summed E-state index contributed by atoms with van der Waals surface area (Å²) in [5.74, 6) is 0.247. The van der Waals surface area contributed by atoms with Gasteiger partial charge in [-0.25, -0.2) is 9.97 Å². The average molecular weight is 472 g/mol. The Morgan fingerprint density at radius 1 is 1.22 bits per heavy atom. The lowest BCUT2D eigenvalue weighted by atomic mass is 10.1. The number of nitrogens with two attached hydrogens (primary N) is 2. The van der Waals surface area contributed by atoms with E-state index < -0.39 is 6.10 Å². The first kappa shape index (κ1) is 22.3. The molecule has 0 aliphatic carbocycles. The maximum atomic E-state index is 12.8. The first-order chi connectivity index (χ1) is 15.3. The number of amides is 1. The number of hydrogen-bond acceptors (Lipinski definition) is 6. The summed E-state index contributed by atoms with van der Waals surface area (Å²) in [6, 6.07) is 12.5. The van der Waals surface area contributed by atoms with Crippen LogP contribution < -0.4 is 16.2 Å². The molecule has 166 valence electrons. The number of hydrogen-bond donors (Lipinski definition) is 2. The van der Waals surface area contributed by atoms with Crippen molar-refractivity contribution < 1.29 is 9.53 Å². The van der Waals surface area contributed by atoms with Gasteiger partial charge < -0.3 is 21.1 Å². The normalized spacial score (nSPS) is 16.8. The van der Waals surface area contributed by atoms with Gasteiger partial charge in [0.1, 0.15) is 6.10 Å². The van der Waals surface area contributed by atoms with Gasteiger partial charge in [-0.2, -0.15) is 0 Å². The first-order valence-electron chi connectivity index (χ1n) is 10.2. The van der Waals surface area contributed by atoms with Crippen molar-refractivity contribution in [3.63, 3.8) is 0 Å². The lowest BCUT2D eigenvalue weighted by Gasteiger charge is -2.18. The molecule has 1 amide bonds. The van der Waals surface area contributed by atoms with E-state index in [9.17, 15) is 4.79 Å². The van der Waals surface area contributed by atoms with Crippen LogP contribution in [0.25, 0.3) is 11.3 Å². The predicted octanol–water partition coefficient (Wildman–Crippen LogP) is 4.35. The molecule has 4 rings (SSSR count). The minimum atomic E-state index is -0.504. The molecule has 1 saturated heterocycles. The number of aromatic nitrogens is 2. The predicted molar refractivity (Wildman–Crippen MR) is 126 cm³/mol. The first-order valence-corrected chi connectivity index (χ1v) is 11.0. The van der Waals surface area contributed by atoms with Gasteiger partial charge in [-0.15, -0.1) is 0 Å². The van der Waals surface area contributed by atoms with Crippen LogP contribution in [0, 0.1) is 0 Å². The Balaban J connectivity index is 1.60. The largest absolute Gasteiger partial charge is 0.467 e. The van der Waals surface area contributed by atoms with Gasteiger partial charge in [-0.1, -0.05) is 41.4 Å². The van der Waals surface area contributed by atoms with Crippen LogP contribution in [0.1, 0.15) is 35.4 Å². The van der Waals surface area contributed by atoms with Crippen LogP contribution in [-0.4, -0.2) is 39.9 Å². The number of likely N-dealkylation sites (tertiary alicyclic amines) is 1. The van der Waals surface area contributed by atoms with Crippen molar-refractivity contribution in [3.8, 4) is 17.1 Å². The number of nitrogen functional groups attached to an aromatic ring is 1. The third kappa shape index (κ3) is 4.65. The minimum absolute atomic E-state index is 0.0263. The van der Waals surface area contributed by atoms with Crippen LogP contribution in [-0.2, 0) is 0 Å². The van der Waals surface area contributed by atoms with Gasteiger partial charge in [0, 0.05) is 45.9 Å². The van der Waals surface area contributed by atoms with Crippen LogP contribution >= 0.6 is 23.2 Å². The van der Waals surface area contributed by atoms with Gasteiger partial charge >= 0.3 is 0 Å². The molecule has 2 atom stereocenters. The zero-order chi connectivity index (χ0) is 22.8. The summed E-state index contributed by atoms with van der Waals surface area (Å²) in [4.78, 5) is 23.4. The van der Waals surface area contributed by atoms with Crippen LogP contribution in [0.5, 0.6) is 5.88 Å². The molecular weight excluding hydrogens is 449 g/mol.